The maximum Gasteiger partial charge on any atom is 0.215 e. The SMILES string of the molecule is CNCc1ccc(CS(=O)(=O)NCCc2nccs2)cc1. The Morgan fingerprint density at radius 2 is 1.90 bits per heavy atom. The molecule has 0 aliphatic carbocycles. The van der Waals surface area contributed by atoms with E-state index in [2.05, 4.69) is 15.0 Å². The van der Waals surface area contributed by atoms with Crippen molar-refractivity contribution in [1.82, 2.24) is 15.0 Å². The lowest BCUT2D eigenvalue weighted by molar-refractivity contribution is 0.580. The van der Waals surface area contributed by atoms with Gasteiger partial charge < -0.3 is 5.32 Å². The van der Waals surface area contributed by atoms with Gasteiger partial charge in [0.15, 0.2) is 0 Å². The molecule has 0 atom stereocenters. The summed E-state index contributed by atoms with van der Waals surface area (Å²) < 4.78 is 26.6. The largest absolute Gasteiger partial charge is 0.316 e. The molecule has 0 aliphatic rings. The van der Waals surface area contributed by atoms with Crippen LogP contribution >= 0.6 is 11.3 Å². The highest BCUT2D eigenvalue weighted by Gasteiger charge is 2.11. The summed E-state index contributed by atoms with van der Waals surface area (Å²) >= 11 is 1.53. The van der Waals surface area contributed by atoms with Gasteiger partial charge >= 0.3 is 0 Å². The fraction of sp³-hybridized carbons (Fsp3) is 0.357. The van der Waals surface area contributed by atoms with Gasteiger partial charge in [-0.25, -0.2) is 18.1 Å². The number of sulfonamides is 1. The highest BCUT2D eigenvalue weighted by Crippen LogP contribution is 2.08. The summed E-state index contributed by atoms with van der Waals surface area (Å²) in [7, 11) is -1.42. The first-order valence-corrected chi connectivity index (χ1v) is 9.20. The number of nitrogens with one attached hydrogen (secondary N) is 2. The van der Waals surface area contributed by atoms with Crippen molar-refractivity contribution in [1.29, 1.82) is 0 Å². The van der Waals surface area contributed by atoms with E-state index in [1.54, 1.807) is 6.20 Å². The average Bonchev–Trinajstić information content (AvgIpc) is 2.94. The van der Waals surface area contributed by atoms with Crippen molar-refractivity contribution in [2.45, 2.75) is 18.7 Å². The molecule has 2 N–H and O–H groups in total. The second kappa shape index (κ2) is 7.65. The summed E-state index contributed by atoms with van der Waals surface area (Å²) in [5.74, 6) is 0.00467. The van der Waals surface area contributed by atoms with Crippen molar-refractivity contribution in [3.63, 3.8) is 0 Å². The molecule has 21 heavy (non-hydrogen) atoms. The molecule has 114 valence electrons. The quantitative estimate of drug-likeness (QED) is 0.772. The number of thiazole rings is 1. The molecule has 0 bridgehead atoms. The van der Waals surface area contributed by atoms with Crippen LogP contribution in [-0.2, 0) is 28.7 Å². The first-order valence-electron chi connectivity index (χ1n) is 6.67. The Balaban J connectivity index is 1.85. The van der Waals surface area contributed by atoms with E-state index in [4.69, 9.17) is 0 Å². The number of aromatic nitrogens is 1. The van der Waals surface area contributed by atoms with E-state index in [0.717, 1.165) is 22.7 Å². The van der Waals surface area contributed by atoms with Gasteiger partial charge in [0.25, 0.3) is 0 Å². The van der Waals surface area contributed by atoms with Crippen molar-refractivity contribution in [2.24, 2.45) is 0 Å². The van der Waals surface area contributed by atoms with Crippen LogP contribution in [0.5, 0.6) is 0 Å². The molecule has 0 amide bonds. The maximum absolute atomic E-state index is 12.0. The van der Waals surface area contributed by atoms with Gasteiger partial charge in [0, 0.05) is 31.1 Å². The third kappa shape index (κ3) is 5.55. The van der Waals surface area contributed by atoms with Crippen molar-refractivity contribution in [3.8, 4) is 0 Å². The van der Waals surface area contributed by atoms with Gasteiger partial charge in [-0.2, -0.15) is 0 Å². The van der Waals surface area contributed by atoms with E-state index < -0.39 is 10.0 Å². The summed E-state index contributed by atoms with van der Waals surface area (Å²) in [6.45, 7) is 1.16. The van der Waals surface area contributed by atoms with Crippen LogP contribution in [0.3, 0.4) is 0 Å². The summed E-state index contributed by atoms with van der Waals surface area (Å²) in [6, 6.07) is 7.59. The summed E-state index contributed by atoms with van der Waals surface area (Å²) in [6.07, 6.45) is 2.35. The Morgan fingerprint density at radius 1 is 1.19 bits per heavy atom. The maximum atomic E-state index is 12.0. The number of benzene rings is 1. The minimum atomic E-state index is -3.30. The minimum absolute atomic E-state index is 0.00467. The van der Waals surface area contributed by atoms with Crippen LogP contribution < -0.4 is 10.0 Å². The monoisotopic (exact) mass is 325 g/mol. The van der Waals surface area contributed by atoms with Gasteiger partial charge in [-0.15, -0.1) is 11.3 Å². The van der Waals surface area contributed by atoms with E-state index in [-0.39, 0.29) is 5.75 Å². The van der Waals surface area contributed by atoms with Crippen LogP contribution in [0.4, 0.5) is 0 Å². The van der Waals surface area contributed by atoms with Gasteiger partial charge in [-0.05, 0) is 18.2 Å². The lowest BCUT2D eigenvalue weighted by Gasteiger charge is -2.07. The summed E-state index contributed by atoms with van der Waals surface area (Å²) in [5, 5.41) is 5.88. The van der Waals surface area contributed by atoms with Crippen LogP contribution in [0.1, 0.15) is 16.1 Å². The molecule has 0 aliphatic heterocycles. The zero-order chi connectivity index (χ0) is 15.1. The molecule has 0 spiro atoms. The van der Waals surface area contributed by atoms with Gasteiger partial charge in [-0.1, -0.05) is 24.3 Å². The number of hydrogen-bond acceptors (Lipinski definition) is 5. The molecule has 1 aromatic heterocycles. The Labute approximate surface area is 129 Å². The van der Waals surface area contributed by atoms with E-state index in [1.165, 1.54) is 11.3 Å². The predicted octanol–water partition coefficient (Wildman–Crippen LogP) is 1.52. The van der Waals surface area contributed by atoms with Crippen LogP contribution in [0.15, 0.2) is 35.8 Å². The van der Waals surface area contributed by atoms with E-state index in [1.807, 2.05) is 36.7 Å². The number of nitrogens with zero attached hydrogens (tertiary/aromatic N) is 1. The molecule has 2 aromatic rings. The fourth-order valence-electron chi connectivity index (χ4n) is 1.92. The third-order valence-corrected chi connectivity index (χ3v) is 5.10. The van der Waals surface area contributed by atoms with Gasteiger partial charge in [0.05, 0.1) is 10.8 Å². The lowest BCUT2D eigenvalue weighted by atomic mass is 10.1. The van der Waals surface area contributed by atoms with Crippen molar-refractivity contribution < 1.29 is 8.42 Å². The van der Waals surface area contributed by atoms with E-state index in [9.17, 15) is 8.42 Å². The molecule has 7 heteroatoms. The van der Waals surface area contributed by atoms with Crippen molar-refractivity contribution in [3.05, 3.63) is 52.0 Å². The minimum Gasteiger partial charge on any atom is -0.316 e. The molecule has 1 heterocycles. The third-order valence-electron chi connectivity index (χ3n) is 2.90. The first kappa shape index (κ1) is 16.1. The highest BCUT2D eigenvalue weighted by molar-refractivity contribution is 7.88. The number of rotatable bonds is 8. The standard InChI is InChI=1S/C14H19N3O2S2/c1-15-10-12-2-4-13(5-3-12)11-21(18,19)17-7-6-14-16-8-9-20-14/h2-5,8-9,15,17H,6-7,10-11H2,1H3. The van der Waals surface area contributed by atoms with Gasteiger partial charge in [-0.3, -0.25) is 0 Å². The van der Waals surface area contributed by atoms with Crippen LogP contribution in [-0.4, -0.2) is 27.0 Å². The second-order valence-corrected chi connectivity index (χ2v) is 7.46. The molecular weight excluding hydrogens is 306 g/mol. The molecule has 0 fully saturated rings. The fourth-order valence-corrected chi connectivity index (χ4v) is 3.68. The van der Waals surface area contributed by atoms with Gasteiger partial charge in [0.1, 0.15) is 0 Å². The highest BCUT2D eigenvalue weighted by atomic mass is 32.2. The Hall–Kier alpha value is -1.28. The van der Waals surface area contributed by atoms with Gasteiger partial charge in [0.2, 0.25) is 10.0 Å². The normalized spacial score (nSPS) is 11.7. The number of hydrogen-bond donors (Lipinski definition) is 2. The Morgan fingerprint density at radius 3 is 2.52 bits per heavy atom. The van der Waals surface area contributed by atoms with Crippen molar-refractivity contribution in [2.75, 3.05) is 13.6 Å². The molecule has 2 rings (SSSR count). The van der Waals surface area contributed by atoms with Crippen molar-refractivity contribution >= 4 is 21.4 Å². The summed E-state index contributed by atoms with van der Waals surface area (Å²) in [4.78, 5) is 4.12. The zero-order valence-electron chi connectivity index (χ0n) is 11.9. The zero-order valence-corrected chi connectivity index (χ0v) is 13.5. The van der Waals surface area contributed by atoms with E-state index >= 15 is 0 Å². The average molecular weight is 325 g/mol. The first-order chi connectivity index (χ1) is 10.1. The van der Waals surface area contributed by atoms with Crippen LogP contribution in [0.25, 0.3) is 0 Å². The molecule has 0 radical (unpaired) electrons. The second-order valence-electron chi connectivity index (χ2n) is 4.68. The molecule has 0 saturated heterocycles. The topological polar surface area (TPSA) is 71.1 Å². The Kier molecular flexibility index (Phi) is 5.86. The molecule has 5 nitrogen and oxygen atoms in total. The van der Waals surface area contributed by atoms with Crippen LogP contribution in [0.2, 0.25) is 0 Å². The smallest absolute Gasteiger partial charge is 0.215 e. The molecule has 0 unspecified atom stereocenters. The molecular formula is C14H19N3O2S2. The van der Waals surface area contributed by atoms with Crippen LogP contribution in [0, 0.1) is 0 Å². The lowest BCUT2D eigenvalue weighted by Crippen LogP contribution is -2.27. The Bertz CT molecular complexity index is 637. The molecule has 1 aromatic carbocycles. The molecule has 0 saturated carbocycles. The predicted molar refractivity (Wildman–Crippen MR) is 85.7 cm³/mol. The van der Waals surface area contributed by atoms with E-state index in [0.29, 0.717) is 13.0 Å². The summed E-state index contributed by atoms with van der Waals surface area (Å²) in [5.41, 5.74) is 1.92.